The van der Waals surface area contributed by atoms with Crippen molar-refractivity contribution in [3.05, 3.63) is 66.0 Å². The van der Waals surface area contributed by atoms with Gasteiger partial charge < -0.3 is 9.26 Å². The van der Waals surface area contributed by atoms with E-state index in [1.807, 2.05) is 24.3 Å². The molecule has 0 saturated carbocycles. The van der Waals surface area contributed by atoms with E-state index in [4.69, 9.17) is 9.26 Å². The lowest BCUT2D eigenvalue weighted by Crippen LogP contribution is -2.20. The molecule has 2 aromatic carbocycles. The fourth-order valence-electron chi connectivity index (χ4n) is 2.46. The highest BCUT2D eigenvalue weighted by Crippen LogP contribution is 2.24. The van der Waals surface area contributed by atoms with Gasteiger partial charge in [0.2, 0.25) is 5.88 Å². The molecule has 0 aliphatic carbocycles. The summed E-state index contributed by atoms with van der Waals surface area (Å²) in [7, 11) is 0. The molecule has 27 heavy (non-hydrogen) atoms. The number of amides is 1. The lowest BCUT2D eigenvalue weighted by Gasteiger charge is -2.19. The van der Waals surface area contributed by atoms with Gasteiger partial charge in [0.15, 0.2) is 6.61 Å². The number of hydrogen-bond acceptors (Lipinski definition) is 4. The SMILES string of the molecule is CC(C)(C)c1ccc(OCC(=O)Nc2cc(-c3ccc(F)cc3)no2)cc1. The lowest BCUT2D eigenvalue weighted by atomic mass is 9.87. The van der Waals surface area contributed by atoms with Crippen LogP contribution >= 0.6 is 0 Å². The highest BCUT2D eigenvalue weighted by Gasteiger charge is 2.14. The third-order valence-corrected chi connectivity index (χ3v) is 4.00. The summed E-state index contributed by atoms with van der Waals surface area (Å²) in [4.78, 5) is 12.0. The van der Waals surface area contributed by atoms with Crippen LogP contribution in [0.5, 0.6) is 5.75 Å². The van der Waals surface area contributed by atoms with Crippen LogP contribution in [0, 0.1) is 5.82 Å². The van der Waals surface area contributed by atoms with Crippen molar-refractivity contribution in [3.63, 3.8) is 0 Å². The lowest BCUT2D eigenvalue weighted by molar-refractivity contribution is -0.118. The average Bonchev–Trinajstić information content (AvgIpc) is 3.08. The van der Waals surface area contributed by atoms with Crippen molar-refractivity contribution in [1.82, 2.24) is 5.16 Å². The second kappa shape index (κ2) is 7.61. The molecule has 6 heteroatoms. The summed E-state index contributed by atoms with van der Waals surface area (Å²) in [6.45, 7) is 6.25. The predicted octanol–water partition coefficient (Wildman–Crippen LogP) is 4.80. The summed E-state index contributed by atoms with van der Waals surface area (Å²) in [5.41, 5.74) is 2.44. The van der Waals surface area contributed by atoms with E-state index in [1.54, 1.807) is 18.2 Å². The molecule has 3 aromatic rings. The molecular weight excluding hydrogens is 347 g/mol. The number of ether oxygens (including phenoxy) is 1. The summed E-state index contributed by atoms with van der Waals surface area (Å²) in [6, 6.07) is 15.1. The van der Waals surface area contributed by atoms with Crippen LogP contribution in [-0.4, -0.2) is 17.7 Å². The summed E-state index contributed by atoms with van der Waals surface area (Å²) in [5.74, 6) is 0.119. The van der Waals surface area contributed by atoms with Gasteiger partial charge in [-0.2, -0.15) is 0 Å². The molecule has 5 nitrogen and oxygen atoms in total. The number of carbonyl (C=O) groups excluding carboxylic acids is 1. The Morgan fingerprint density at radius 3 is 2.41 bits per heavy atom. The number of anilines is 1. The fraction of sp³-hybridized carbons (Fsp3) is 0.238. The molecule has 0 unspecified atom stereocenters. The van der Waals surface area contributed by atoms with E-state index in [2.05, 4.69) is 31.2 Å². The number of aromatic nitrogens is 1. The van der Waals surface area contributed by atoms with Gasteiger partial charge >= 0.3 is 0 Å². The summed E-state index contributed by atoms with van der Waals surface area (Å²) < 4.78 is 23.6. The second-order valence-corrected chi connectivity index (χ2v) is 7.19. The summed E-state index contributed by atoms with van der Waals surface area (Å²) >= 11 is 0. The third kappa shape index (κ3) is 4.94. The van der Waals surface area contributed by atoms with Gasteiger partial charge in [0.05, 0.1) is 0 Å². The van der Waals surface area contributed by atoms with Gasteiger partial charge in [0.1, 0.15) is 17.3 Å². The number of nitrogens with one attached hydrogen (secondary N) is 1. The monoisotopic (exact) mass is 368 g/mol. The first-order valence-corrected chi connectivity index (χ1v) is 8.57. The Hall–Kier alpha value is -3.15. The standard InChI is InChI=1S/C21H21FN2O3/c1-21(2,3)15-6-10-17(11-7-15)26-13-19(25)23-20-12-18(24-27-20)14-4-8-16(22)9-5-14/h4-12H,13H2,1-3H3,(H,23,25). The zero-order valence-corrected chi connectivity index (χ0v) is 15.5. The molecule has 1 aromatic heterocycles. The van der Waals surface area contributed by atoms with Crippen LogP contribution in [0.15, 0.2) is 59.1 Å². The Morgan fingerprint density at radius 2 is 1.78 bits per heavy atom. The normalized spacial score (nSPS) is 11.3. The van der Waals surface area contributed by atoms with Gasteiger partial charge in [-0.3, -0.25) is 10.1 Å². The van der Waals surface area contributed by atoms with Gasteiger partial charge in [-0.15, -0.1) is 0 Å². The Kier molecular flexibility index (Phi) is 5.26. The third-order valence-electron chi connectivity index (χ3n) is 4.00. The number of carbonyl (C=O) groups is 1. The molecular formula is C21H21FN2O3. The Balaban J connectivity index is 1.54. The molecule has 0 radical (unpaired) electrons. The quantitative estimate of drug-likeness (QED) is 0.703. The van der Waals surface area contributed by atoms with Crippen LogP contribution in [0.3, 0.4) is 0 Å². The van der Waals surface area contributed by atoms with E-state index in [1.165, 1.54) is 17.7 Å². The number of benzene rings is 2. The minimum atomic E-state index is -0.364. The van der Waals surface area contributed by atoms with E-state index >= 15 is 0 Å². The van der Waals surface area contributed by atoms with Crippen molar-refractivity contribution in [2.75, 3.05) is 11.9 Å². The maximum atomic E-state index is 13.0. The van der Waals surface area contributed by atoms with E-state index in [0.29, 0.717) is 17.0 Å². The van der Waals surface area contributed by atoms with Gasteiger partial charge in [-0.1, -0.05) is 38.1 Å². The molecule has 0 aliphatic heterocycles. The number of hydrogen-bond donors (Lipinski definition) is 1. The van der Waals surface area contributed by atoms with Gasteiger partial charge in [0.25, 0.3) is 5.91 Å². The molecule has 1 amide bonds. The van der Waals surface area contributed by atoms with Crippen molar-refractivity contribution < 1.29 is 18.4 Å². The van der Waals surface area contributed by atoms with Crippen LogP contribution < -0.4 is 10.1 Å². The van der Waals surface area contributed by atoms with Crippen LogP contribution in [0.25, 0.3) is 11.3 Å². The first-order chi connectivity index (χ1) is 12.8. The molecule has 0 atom stereocenters. The Bertz CT molecular complexity index is 910. The highest BCUT2D eigenvalue weighted by atomic mass is 19.1. The summed E-state index contributed by atoms with van der Waals surface area (Å²) in [5, 5.41) is 6.45. The van der Waals surface area contributed by atoms with Gasteiger partial charge in [-0.25, -0.2) is 4.39 Å². The fourth-order valence-corrected chi connectivity index (χ4v) is 2.46. The molecule has 0 bridgehead atoms. The largest absolute Gasteiger partial charge is 0.484 e. The van der Waals surface area contributed by atoms with Crippen LogP contribution in [0.4, 0.5) is 10.3 Å². The molecule has 0 saturated heterocycles. The zero-order chi connectivity index (χ0) is 19.4. The smallest absolute Gasteiger partial charge is 0.264 e. The first-order valence-electron chi connectivity index (χ1n) is 8.57. The molecule has 0 spiro atoms. The van der Waals surface area contributed by atoms with Gasteiger partial charge in [-0.05, 0) is 47.4 Å². The van der Waals surface area contributed by atoms with E-state index in [9.17, 15) is 9.18 Å². The van der Waals surface area contributed by atoms with Crippen molar-refractivity contribution in [2.45, 2.75) is 26.2 Å². The maximum Gasteiger partial charge on any atom is 0.264 e. The number of halogens is 1. The average molecular weight is 368 g/mol. The van der Waals surface area contributed by atoms with Crippen LogP contribution in [0.1, 0.15) is 26.3 Å². The Morgan fingerprint density at radius 1 is 1.11 bits per heavy atom. The van der Waals surface area contributed by atoms with Crippen molar-refractivity contribution in [3.8, 4) is 17.0 Å². The molecule has 0 fully saturated rings. The van der Waals surface area contributed by atoms with E-state index < -0.39 is 0 Å². The number of rotatable bonds is 5. The van der Waals surface area contributed by atoms with Crippen molar-refractivity contribution in [2.24, 2.45) is 0 Å². The minimum Gasteiger partial charge on any atom is -0.484 e. The maximum absolute atomic E-state index is 13.0. The molecule has 1 N–H and O–H groups in total. The highest BCUT2D eigenvalue weighted by molar-refractivity contribution is 5.91. The van der Waals surface area contributed by atoms with Gasteiger partial charge in [0, 0.05) is 11.6 Å². The minimum absolute atomic E-state index is 0.0599. The molecule has 0 aliphatic rings. The number of nitrogens with zero attached hydrogens (tertiary/aromatic N) is 1. The first kappa shape index (κ1) is 18.6. The predicted molar refractivity (Wildman–Crippen MR) is 101 cm³/mol. The molecule has 140 valence electrons. The zero-order valence-electron chi connectivity index (χ0n) is 15.5. The topological polar surface area (TPSA) is 64.4 Å². The second-order valence-electron chi connectivity index (χ2n) is 7.19. The van der Waals surface area contributed by atoms with Crippen molar-refractivity contribution >= 4 is 11.8 Å². The van der Waals surface area contributed by atoms with E-state index in [-0.39, 0.29) is 29.6 Å². The van der Waals surface area contributed by atoms with E-state index in [0.717, 1.165) is 0 Å². The molecule has 3 rings (SSSR count). The molecule has 1 heterocycles. The van der Waals surface area contributed by atoms with Crippen LogP contribution in [-0.2, 0) is 10.2 Å². The van der Waals surface area contributed by atoms with Crippen molar-refractivity contribution in [1.29, 1.82) is 0 Å². The Labute approximate surface area is 157 Å². The van der Waals surface area contributed by atoms with Crippen LogP contribution in [0.2, 0.25) is 0 Å². The summed E-state index contributed by atoms with van der Waals surface area (Å²) in [6.07, 6.45) is 0.